The van der Waals surface area contributed by atoms with Gasteiger partial charge in [-0.2, -0.15) is 10.5 Å². The van der Waals surface area contributed by atoms with Crippen LogP contribution in [0.3, 0.4) is 0 Å². The van der Waals surface area contributed by atoms with Crippen LogP contribution < -0.4 is 10.6 Å². The van der Waals surface area contributed by atoms with Crippen LogP contribution in [0.4, 0.5) is 0 Å². The Bertz CT molecular complexity index is 275. The predicted molar refractivity (Wildman–Crippen MR) is 73.9 cm³/mol. The van der Waals surface area contributed by atoms with Gasteiger partial charge in [-0.05, 0) is 40.5 Å². The zero-order valence-electron chi connectivity index (χ0n) is 12.1. The Hall–Kier alpha value is -1.10. The van der Waals surface area contributed by atoms with Crippen LogP contribution in [0.5, 0.6) is 0 Å². The summed E-state index contributed by atoms with van der Waals surface area (Å²) < 4.78 is 0. The van der Waals surface area contributed by atoms with E-state index in [1.165, 1.54) is 0 Å². The number of rotatable bonds is 9. The van der Waals surface area contributed by atoms with E-state index in [1.54, 1.807) is 0 Å². The molecule has 0 bridgehead atoms. The van der Waals surface area contributed by atoms with Crippen molar-refractivity contribution >= 4 is 0 Å². The summed E-state index contributed by atoms with van der Waals surface area (Å²) in [4.78, 5) is 0. The number of hydrogen-bond donors (Lipinski definition) is 2. The fraction of sp³-hybridized carbons (Fsp3) is 0.857. The average Bonchev–Trinajstić information content (AvgIpc) is 2.27. The standard InChI is InChI=1S/C14H26N4/c1-13(2,17-11-5-9-15)7-8-14(3,4)18-12-6-10-16/h17-18H,5-8,11-12H2,1-4H3. The van der Waals surface area contributed by atoms with Gasteiger partial charge in [0.15, 0.2) is 0 Å². The van der Waals surface area contributed by atoms with Crippen LogP contribution in [-0.2, 0) is 0 Å². The molecule has 18 heavy (non-hydrogen) atoms. The molecule has 0 aliphatic carbocycles. The van der Waals surface area contributed by atoms with Crippen LogP contribution in [0, 0.1) is 22.7 Å². The third-order valence-corrected chi connectivity index (χ3v) is 3.06. The fourth-order valence-electron chi connectivity index (χ4n) is 1.72. The topological polar surface area (TPSA) is 71.6 Å². The first-order valence-corrected chi connectivity index (χ1v) is 6.57. The molecule has 4 nitrogen and oxygen atoms in total. The highest BCUT2D eigenvalue weighted by Crippen LogP contribution is 2.19. The van der Waals surface area contributed by atoms with E-state index in [2.05, 4.69) is 50.5 Å². The van der Waals surface area contributed by atoms with Gasteiger partial charge in [-0.3, -0.25) is 0 Å². The Labute approximate surface area is 111 Å². The normalized spacial score (nSPS) is 11.9. The van der Waals surface area contributed by atoms with E-state index in [0.717, 1.165) is 25.9 Å². The highest BCUT2D eigenvalue weighted by atomic mass is 15.0. The van der Waals surface area contributed by atoms with E-state index in [0.29, 0.717) is 12.8 Å². The summed E-state index contributed by atoms with van der Waals surface area (Å²) in [6, 6.07) is 4.28. The summed E-state index contributed by atoms with van der Waals surface area (Å²) in [5.74, 6) is 0. The molecule has 0 unspecified atom stereocenters. The smallest absolute Gasteiger partial charge is 0.0635 e. The summed E-state index contributed by atoms with van der Waals surface area (Å²) in [5, 5.41) is 23.8. The lowest BCUT2D eigenvalue weighted by Gasteiger charge is -2.32. The quantitative estimate of drug-likeness (QED) is 0.616. The van der Waals surface area contributed by atoms with Gasteiger partial charge in [-0.15, -0.1) is 0 Å². The molecular formula is C14H26N4. The van der Waals surface area contributed by atoms with E-state index in [-0.39, 0.29) is 11.1 Å². The van der Waals surface area contributed by atoms with Gasteiger partial charge in [-0.25, -0.2) is 0 Å². The molecule has 0 amide bonds. The van der Waals surface area contributed by atoms with Crippen LogP contribution in [0.2, 0.25) is 0 Å². The van der Waals surface area contributed by atoms with E-state index < -0.39 is 0 Å². The third kappa shape index (κ3) is 8.98. The van der Waals surface area contributed by atoms with Crippen molar-refractivity contribution in [2.24, 2.45) is 0 Å². The minimum atomic E-state index is 0.0467. The van der Waals surface area contributed by atoms with Gasteiger partial charge in [0.2, 0.25) is 0 Å². The Kier molecular flexibility index (Phi) is 7.59. The van der Waals surface area contributed by atoms with Gasteiger partial charge in [0, 0.05) is 37.0 Å². The molecule has 0 spiro atoms. The van der Waals surface area contributed by atoms with Crippen molar-refractivity contribution in [1.29, 1.82) is 10.5 Å². The Morgan fingerprint density at radius 2 is 1.11 bits per heavy atom. The van der Waals surface area contributed by atoms with E-state index in [1.807, 2.05) is 0 Å². The van der Waals surface area contributed by atoms with Crippen molar-refractivity contribution in [3.05, 3.63) is 0 Å². The minimum absolute atomic E-state index is 0.0467. The largest absolute Gasteiger partial charge is 0.311 e. The summed E-state index contributed by atoms with van der Waals surface area (Å²) in [6.07, 6.45) is 3.16. The van der Waals surface area contributed by atoms with Crippen molar-refractivity contribution in [2.45, 2.75) is 64.5 Å². The molecule has 4 heteroatoms. The molecular weight excluding hydrogens is 224 g/mol. The second-order valence-electron chi connectivity index (χ2n) is 5.94. The molecule has 0 atom stereocenters. The first-order chi connectivity index (χ1) is 8.33. The van der Waals surface area contributed by atoms with Gasteiger partial charge in [0.05, 0.1) is 12.1 Å². The highest BCUT2D eigenvalue weighted by molar-refractivity contribution is 4.86. The van der Waals surface area contributed by atoms with E-state index in [9.17, 15) is 0 Å². The maximum Gasteiger partial charge on any atom is 0.0635 e. The fourth-order valence-corrected chi connectivity index (χ4v) is 1.72. The predicted octanol–water partition coefficient (Wildman–Crippen LogP) is 2.33. The number of nitrogens with zero attached hydrogens (tertiary/aromatic N) is 2. The molecule has 0 aliphatic rings. The first-order valence-electron chi connectivity index (χ1n) is 6.57. The molecule has 0 saturated carbocycles. The summed E-state index contributed by atoms with van der Waals surface area (Å²) in [7, 11) is 0. The Balaban J connectivity index is 3.97. The maximum absolute atomic E-state index is 8.52. The van der Waals surface area contributed by atoms with E-state index in [4.69, 9.17) is 10.5 Å². The average molecular weight is 250 g/mol. The lowest BCUT2D eigenvalue weighted by atomic mass is 9.89. The molecule has 2 N–H and O–H groups in total. The van der Waals surface area contributed by atoms with Crippen molar-refractivity contribution in [2.75, 3.05) is 13.1 Å². The molecule has 0 heterocycles. The zero-order valence-corrected chi connectivity index (χ0v) is 12.1. The Morgan fingerprint density at radius 1 is 0.778 bits per heavy atom. The van der Waals surface area contributed by atoms with Crippen LogP contribution in [0.25, 0.3) is 0 Å². The summed E-state index contributed by atoms with van der Waals surface area (Å²) in [6.45, 7) is 10.1. The highest BCUT2D eigenvalue weighted by Gasteiger charge is 2.23. The monoisotopic (exact) mass is 250 g/mol. The van der Waals surface area contributed by atoms with Gasteiger partial charge in [0.1, 0.15) is 0 Å². The number of nitriles is 2. The molecule has 0 fully saturated rings. The third-order valence-electron chi connectivity index (χ3n) is 3.06. The molecule has 102 valence electrons. The van der Waals surface area contributed by atoms with Crippen molar-refractivity contribution < 1.29 is 0 Å². The second kappa shape index (κ2) is 8.08. The van der Waals surface area contributed by atoms with Gasteiger partial charge in [-0.1, -0.05) is 0 Å². The summed E-state index contributed by atoms with van der Waals surface area (Å²) in [5.41, 5.74) is 0.0933. The lowest BCUT2D eigenvalue weighted by Crippen LogP contribution is -2.45. The van der Waals surface area contributed by atoms with Crippen molar-refractivity contribution in [3.63, 3.8) is 0 Å². The minimum Gasteiger partial charge on any atom is -0.311 e. The second-order valence-corrected chi connectivity index (χ2v) is 5.94. The molecule has 0 saturated heterocycles. The molecule has 0 aromatic carbocycles. The first kappa shape index (κ1) is 16.9. The maximum atomic E-state index is 8.52. The van der Waals surface area contributed by atoms with Crippen LogP contribution >= 0.6 is 0 Å². The van der Waals surface area contributed by atoms with Gasteiger partial charge < -0.3 is 10.6 Å². The van der Waals surface area contributed by atoms with E-state index >= 15 is 0 Å². The van der Waals surface area contributed by atoms with Crippen molar-refractivity contribution in [3.8, 4) is 12.1 Å². The molecule has 0 aliphatic heterocycles. The van der Waals surface area contributed by atoms with Gasteiger partial charge in [0.25, 0.3) is 0 Å². The molecule has 0 rings (SSSR count). The number of nitrogens with one attached hydrogen (secondary N) is 2. The Morgan fingerprint density at radius 3 is 1.39 bits per heavy atom. The van der Waals surface area contributed by atoms with Crippen LogP contribution in [0.15, 0.2) is 0 Å². The van der Waals surface area contributed by atoms with Crippen LogP contribution in [0.1, 0.15) is 53.4 Å². The molecule has 0 aromatic heterocycles. The number of hydrogen-bond acceptors (Lipinski definition) is 4. The van der Waals surface area contributed by atoms with Crippen LogP contribution in [-0.4, -0.2) is 24.2 Å². The zero-order chi connectivity index (χ0) is 14.1. The lowest BCUT2D eigenvalue weighted by molar-refractivity contribution is 0.285. The van der Waals surface area contributed by atoms with Crippen molar-refractivity contribution in [1.82, 2.24) is 10.6 Å². The summed E-state index contributed by atoms with van der Waals surface area (Å²) >= 11 is 0. The molecule has 0 aromatic rings. The SMILES string of the molecule is CC(C)(CCC(C)(C)NCCC#N)NCCC#N. The van der Waals surface area contributed by atoms with Gasteiger partial charge >= 0.3 is 0 Å². The molecule has 0 radical (unpaired) electrons.